The van der Waals surface area contributed by atoms with Crippen LogP contribution < -0.4 is 14.8 Å². The first kappa shape index (κ1) is 23.9. The van der Waals surface area contributed by atoms with Crippen molar-refractivity contribution in [1.29, 1.82) is 0 Å². The number of carbonyl (C=O) groups is 1. The highest BCUT2D eigenvalue weighted by Crippen LogP contribution is 2.29. The molecule has 0 bridgehead atoms. The van der Waals surface area contributed by atoms with E-state index in [1.807, 2.05) is 43.5 Å². The zero-order chi connectivity index (χ0) is 23.3. The molecule has 0 fully saturated rings. The van der Waals surface area contributed by atoms with Gasteiger partial charge < -0.3 is 19.4 Å². The summed E-state index contributed by atoms with van der Waals surface area (Å²) in [5.41, 5.74) is 0.0753. The number of hydrogen-bond donors (Lipinski definition) is 1. The number of nitrogens with one attached hydrogen (secondary N) is 1. The maximum Gasteiger partial charge on any atom is 0.234 e. The minimum atomic E-state index is -0.591. The van der Waals surface area contributed by atoms with E-state index >= 15 is 0 Å². The number of amides is 1. The van der Waals surface area contributed by atoms with Gasteiger partial charge in [0.25, 0.3) is 0 Å². The van der Waals surface area contributed by atoms with Crippen molar-refractivity contribution in [1.82, 2.24) is 14.8 Å². The van der Waals surface area contributed by atoms with Gasteiger partial charge in [-0.05, 0) is 51.1 Å². The topological polar surface area (TPSA) is 78.3 Å². The molecule has 2 aromatic carbocycles. The van der Waals surface area contributed by atoms with Gasteiger partial charge in [-0.2, -0.15) is 0 Å². The molecule has 1 heterocycles. The zero-order valence-corrected chi connectivity index (χ0v) is 19.7. The Morgan fingerprint density at radius 1 is 1.19 bits per heavy atom. The second-order valence-corrected chi connectivity index (χ2v) is 8.58. The minimum Gasteiger partial charge on any atom is -0.497 e. The smallest absolute Gasteiger partial charge is 0.234 e. The van der Waals surface area contributed by atoms with Crippen molar-refractivity contribution in [3.8, 4) is 11.5 Å². The number of hydrogen-bond acceptors (Lipinski definition) is 6. The van der Waals surface area contributed by atoms with E-state index in [4.69, 9.17) is 21.1 Å². The lowest BCUT2D eigenvalue weighted by atomic mass is 10.3. The number of methoxy groups -OCH3 is 1. The molecule has 170 valence electrons. The predicted octanol–water partition coefficient (Wildman–Crippen LogP) is 5.53. The second kappa shape index (κ2) is 10.7. The molecular weight excluding hydrogens is 455 g/mol. The number of thioether (sulfide) groups is 1. The number of aromatic nitrogens is 3. The quantitative estimate of drug-likeness (QED) is 0.407. The van der Waals surface area contributed by atoms with E-state index in [2.05, 4.69) is 15.5 Å². The van der Waals surface area contributed by atoms with E-state index in [1.165, 1.54) is 23.9 Å². The molecule has 7 nitrogen and oxygen atoms in total. The van der Waals surface area contributed by atoms with Crippen molar-refractivity contribution in [3.63, 3.8) is 0 Å². The number of rotatable bonds is 9. The first-order valence-electron chi connectivity index (χ1n) is 9.91. The molecule has 1 atom stereocenters. The Hall–Kier alpha value is -2.78. The minimum absolute atomic E-state index is 0.0376. The Kier molecular flexibility index (Phi) is 7.98. The summed E-state index contributed by atoms with van der Waals surface area (Å²) in [5, 5.41) is 11.9. The molecular formula is C22H24ClFN4O3S. The summed E-state index contributed by atoms with van der Waals surface area (Å²) >= 11 is 6.96. The van der Waals surface area contributed by atoms with E-state index in [0.717, 1.165) is 6.07 Å². The number of benzene rings is 2. The zero-order valence-electron chi connectivity index (χ0n) is 18.1. The van der Waals surface area contributed by atoms with Crippen LogP contribution in [0.15, 0.2) is 47.6 Å². The van der Waals surface area contributed by atoms with Gasteiger partial charge in [-0.1, -0.05) is 29.4 Å². The van der Waals surface area contributed by atoms with Crippen LogP contribution in [-0.2, 0) is 4.79 Å². The fourth-order valence-electron chi connectivity index (χ4n) is 2.99. The summed E-state index contributed by atoms with van der Waals surface area (Å²) in [4.78, 5) is 12.3. The molecule has 0 saturated heterocycles. The van der Waals surface area contributed by atoms with Crippen molar-refractivity contribution in [2.75, 3.05) is 18.2 Å². The third kappa shape index (κ3) is 5.92. The Morgan fingerprint density at radius 2 is 1.94 bits per heavy atom. The Labute approximate surface area is 195 Å². The lowest BCUT2D eigenvalue weighted by Gasteiger charge is -2.19. The highest BCUT2D eigenvalue weighted by Gasteiger charge is 2.22. The summed E-state index contributed by atoms with van der Waals surface area (Å²) in [5.74, 6) is 1.06. The average molecular weight is 479 g/mol. The molecule has 1 amide bonds. The van der Waals surface area contributed by atoms with Crippen LogP contribution in [0.25, 0.3) is 0 Å². The van der Waals surface area contributed by atoms with Gasteiger partial charge >= 0.3 is 0 Å². The first-order chi connectivity index (χ1) is 15.3. The van der Waals surface area contributed by atoms with E-state index in [0.29, 0.717) is 22.5 Å². The summed E-state index contributed by atoms with van der Waals surface area (Å²) in [6.45, 7) is 5.88. The monoisotopic (exact) mass is 478 g/mol. The van der Waals surface area contributed by atoms with Gasteiger partial charge in [-0.15, -0.1) is 10.2 Å². The molecule has 0 spiro atoms. The van der Waals surface area contributed by atoms with Crippen LogP contribution in [0.2, 0.25) is 5.02 Å². The van der Waals surface area contributed by atoms with Crippen LogP contribution in [0.5, 0.6) is 11.5 Å². The fraction of sp³-hybridized carbons (Fsp3) is 0.318. The molecule has 0 aliphatic rings. The van der Waals surface area contributed by atoms with Crippen LogP contribution in [-0.4, -0.2) is 33.5 Å². The number of ether oxygens (including phenoxy) is 2. The Balaban J connectivity index is 1.69. The lowest BCUT2D eigenvalue weighted by Crippen LogP contribution is -2.17. The normalized spacial score (nSPS) is 12.0. The molecule has 0 aliphatic heterocycles. The fourth-order valence-corrected chi connectivity index (χ4v) is 4.02. The summed E-state index contributed by atoms with van der Waals surface area (Å²) in [6.07, 6.45) is -0.386. The highest BCUT2D eigenvalue weighted by molar-refractivity contribution is 7.99. The van der Waals surface area contributed by atoms with Gasteiger partial charge in [-0.3, -0.25) is 4.79 Å². The number of carbonyl (C=O) groups excluding carboxylic acids is 1. The molecule has 0 aliphatic carbocycles. The molecule has 10 heteroatoms. The lowest BCUT2D eigenvalue weighted by molar-refractivity contribution is -0.113. The van der Waals surface area contributed by atoms with E-state index < -0.39 is 5.82 Å². The Bertz CT molecular complexity index is 1090. The van der Waals surface area contributed by atoms with Gasteiger partial charge in [0.05, 0.1) is 18.6 Å². The Morgan fingerprint density at radius 3 is 2.62 bits per heavy atom. The predicted molar refractivity (Wildman–Crippen MR) is 123 cm³/mol. The van der Waals surface area contributed by atoms with Crippen LogP contribution >= 0.6 is 23.4 Å². The van der Waals surface area contributed by atoms with Crippen LogP contribution in [0.1, 0.15) is 38.7 Å². The number of nitrogens with zero attached hydrogens (tertiary/aromatic N) is 3. The van der Waals surface area contributed by atoms with Gasteiger partial charge in [0, 0.05) is 17.1 Å². The molecule has 1 unspecified atom stereocenters. The van der Waals surface area contributed by atoms with Gasteiger partial charge in [0.1, 0.15) is 17.3 Å². The largest absolute Gasteiger partial charge is 0.497 e. The SMILES string of the molecule is COc1cccc(OC(C)c2nnc(SCC(=O)Nc3ccc(Cl)cc3F)n2C(C)C)c1. The summed E-state index contributed by atoms with van der Waals surface area (Å²) < 4.78 is 27.1. The van der Waals surface area contributed by atoms with E-state index in [-0.39, 0.29) is 34.5 Å². The molecule has 3 rings (SSSR count). The van der Waals surface area contributed by atoms with E-state index in [9.17, 15) is 9.18 Å². The maximum atomic E-state index is 13.9. The highest BCUT2D eigenvalue weighted by atomic mass is 35.5. The number of halogens is 2. The standard InChI is InChI=1S/C22H24ClFN4O3S/c1-13(2)28-21(14(3)31-17-7-5-6-16(11-17)30-4)26-27-22(28)32-12-20(29)25-19-9-8-15(23)10-18(19)24/h5-11,13-14H,12H2,1-4H3,(H,25,29). The van der Waals surface area contributed by atoms with E-state index in [1.54, 1.807) is 13.2 Å². The van der Waals surface area contributed by atoms with Gasteiger partial charge in [-0.25, -0.2) is 4.39 Å². The third-order valence-electron chi connectivity index (χ3n) is 4.46. The van der Waals surface area contributed by atoms with Gasteiger partial charge in [0.15, 0.2) is 17.1 Å². The molecule has 1 aromatic heterocycles. The van der Waals surface area contributed by atoms with Crippen molar-refractivity contribution in [2.45, 2.75) is 38.1 Å². The van der Waals surface area contributed by atoms with Crippen molar-refractivity contribution in [3.05, 3.63) is 59.1 Å². The maximum absolute atomic E-state index is 13.9. The molecule has 32 heavy (non-hydrogen) atoms. The second-order valence-electron chi connectivity index (χ2n) is 7.20. The molecule has 0 radical (unpaired) electrons. The van der Waals surface area contributed by atoms with Crippen molar-refractivity contribution < 1.29 is 18.7 Å². The third-order valence-corrected chi connectivity index (χ3v) is 5.64. The molecule has 0 saturated carbocycles. The summed E-state index contributed by atoms with van der Waals surface area (Å²) in [7, 11) is 1.60. The van der Waals surface area contributed by atoms with Crippen LogP contribution in [0.3, 0.4) is 0 Å². The van der Waals surface area contributed by atoms with Crippen LogP contribution in [0.4, 0.5) is 10.1 Å². The van der Waals surface area contributed by atoms with Crippen molar-refractivity contribution in [2.24, 2.45) is 0 Å². The average Bonchev–Trinajstić information content (AvgIpc) is 3.19. The summed E-state index contributed by atoms with van der Waals surface area (Å²) in [6, 6.07) is 11.4. The van der Waals surface area contributed by atoms with Crippen molar-refractivity contribution >= 4 is 35.0 Å². The van der Waals surface area contributed by atoms with Crippen LogP contribution in [0, 0.1) is 5.82 Å². The van der Waals surface area contributed by atoms with Gasteiger partial charge in [0.2, 0.25) is 5.91 Å². The molecule has 3 aromatic rings. The first-order valence-corrected chi connectivity index (χ1v) is 11.3. The number of anilines is 1. The molecule has 1 N–H and O–H groups in total.